The van der Waals surface area contributed by atoms with E-state index in [-0.39, 0.29) is 135 Å². The number of likely N-dealkylation sites (N-methyl/N-ethyl adjacent to an activating group) is 1. The number of aromatic nitrogens is 1. The fourth-order valence-corrected chi connectivity index (χ4v) is 21.7. The third-order valence-corrected chi connectivity index (χ3v) is 28.7. The molecule has 1 aliphatic heterocycles. The van der Waals surface area contributed by atoms with Gasteiger partial charge in [-0.2, -0.15) is 0 Å². The van der Waals surface area contributed by atoms with Crippen LogP contribution in [0.1, 0.15) is 218 Å². The number of nitrogens with zero attached hydrogens (tertiary/aromatic N) is 3. The molecule has 0 radical (unpaired) electrons. The highest BCUT2D eigenvalue weighted by Crippen LogP contribution is 2.56. The van der Waals surface area contributed by atoms with Gasteiger partial charge in [0.1, 0.15) is 81.3 Å². The number of carboxylic acid groups (broad SMARTS) is 1. The summed E-state index contributed by atoms with van der Waals surface area (Å²) in [6.45, 7) is 37.6. The SMILES string of the molecule is [C-]#[N+]C(C)(CCC(=O)CCCOCCOCCOCCOCCOCCOCCOCCOCCOCCOCCOCCOCCC(=O)CCCCCCO[C@@H]1O[C@H](CO)[C@H](O)[C@H](O)[C@H]1NC(C)=O)CC(C)(CC(C)(CC(C)(CC(C)(CC(C)(CC(CCC)(SC(=S)SCC)C(=O)O)C(=O)OCCCC)C(=O)OCCN(C)C)C(=O)OCCOC)C(=O)OCCOCCNC(=O)OC(C)(C)C)C(=O)OCCSSc1ccccn1. The monoisotopic (exact) mass is 2230 g/mol. The van der Waals surface area contributed by atoms with Crippen LogP contribution in [-0.2, 0) is 147 Å². The Morgan fingerprint density at radius 3 is 1.36 bits per heavy atom. The van der Waals surface area contributed by atoms with Crippen molar-refractivity contribution in [3.8, 4) is 0 Å². The number of esters is 5. The Labute approximate surface area is 911 Å². The number of hydrogen-bond donors (Lipinski definition) is 6. The number of carboxylic acids is 1. The average molecular weight is 2240 g/mol. The number of methoxy groups -OCH3 is 1. The number of pyridine rings is 1. The van der Waals surface area contributed by atoms with Crippen molar-refractivity contribution in [1.82, 2.24) is 20.5 Å². The molecule has 12 atom stereocenters. The van der Waals surface area contributed by atoms with Crippen LogP contribution in [0.3, 0.4) is 0 Å². The second-order valence-electron chi connectivity index (χ2n) is 39.5. The summed E-state index contributed by atoms with van der Waals surface area (Å²) < 4.78 is 124. The summed E-state index contributed by atoms with van der Waals surface area (Å²) >= 11 is 8.02. The predicted octanol–water partition coefficient (Wildman–Crippen LogP) is 11.7. The van der Waals surface area contributed by atoms with Crippen LogP contribution in [0.5, 0.6) is 0 Å². The summed E-state index contributed by atoms with van der Waals surface area (Å²) in [5.74, 6) is -5.31. The van der Waals surface area contributed by atoms with E-state index < -0.39 is 167 Å². The summed E-state index contributed by atoms with van der Waals surface area (Å²) in [4.78, 5) is 153. The molecular weight excluding hydrogens is 2060 g/mol. The Balaban J connectivity index is 1.98. The number of Topliss-reactive ketones (excluding diaryl/α,β-unsaturated/α-hetero) is 2. The summed E-state index contributed by atoms with van der Waals surface area (Å²) in [6, 6.07) is 4.47. The Kier molecular flexibility index (Phi) is 76.5. The molecule has 41 nitrogen and oxygen atoms in total. The third kappa shape index (κ3) is 63.0. The van der Waals surface area contributed by atoms with Crippen molar-refractivity contribution in [2.24, 2.45) is 27.1 Å². The van der Waals surface area contributed by atoms with Crippen LogP contribution in [0.2, 0.25) is 0 Å². The van der Waals surface area contributed by atoms with E-state index in [9.17, 15) is 44.4 Å². The average Bonchev–Trinajstić information content (AvgIpc) is 0.749. The molecule has 46 heteroatoms. The van der Waals surface area contributed by atoms with E-state index in [4.69, 9.17) is 123 Å². The van der Waals surface area contributed by atoms with Gasteiger partial charge in [-0.3, -0.25) is 43.2 Å². The minimum atomic E-state index is -2.02. The first-order valence-electron chi connectivity index (χ1n) is 52.2. The smallest absolute Gasteiger partial charge is 0.407 e. The zero-order valence-corrected chi connectivity index (χ0v) is 96.0. The quantitative estimate of drug-likeness (QED) is 0.00881. The summed E-state index contributed by atoms with van der Waals surface area (Å²) in [7, 11) is 7.70. The lowest BCUT2D eigenvalue weighted by molar-refractivity contribution is -0.270. The zero-order valence-electron chi connectivity index (χ0n) is 91.9. The molecule has 2 amide bonds. The highest BCUT2D eigenvalue weighted by Gasteiger charge is 2.60. The highest BCUT2D eigenvalue weighted by atomic mass is 33.1. The standard InChI is InChI=1S/C104H179N5O36S5/c1-18-21-40-139-94(122)102(12,79-104(34-19-2,89(116)117)149-96(146)147-20-3)77-100(10,90(118)140-44-38-109(15)16)75-98(8,91(119)141-69-45-124-17)74-99(9,92(120)142-70-68-127-43-37-107-95(123)145-97(5,6)7)76-101(11,93(121)143-71-72-148-150-84-31-25-26-36-106-84)78-103(13,105-14)35-32-81(112)30-28-39-125-46-48-128-50-52-130-54-56-132-58-60-134-62-64-136-66-67-137-65-63-135-61-59-133-57-55-131-53-51-129-49-47-126-42-33-82(113)29-24-22-23-27-41-138-88-85(108-80(4)111)87(115)86(114)83(73-110)144-88/h25-26,31,36,83,85-88,110,114-115H,18-24,27-30,32-35,37-79H2,1-13,15-17H3,(H,107,123)(H,108,111)(H,116,117)/t83-,85-,86+,87-,88-,98?,99?,100?,101?,102?,103?,104?/m1/s1. The molecule has 0 saturated carbocycles. The van der Waals surface area contributed by atoms with Crippen molar-refractivity contribution in [3.63, 3.8) is 0 Å². The van der Waals surface area contributed by atoms with Gasteiger partial charge in [-0.15, -0.1) is 11.8 Å². The van der Waals surface area contributed by atoms with Gasteiger partial charge in [-0.05, 0) is 162 Å². The maximum Gasteiger partial charge on any atom is 0.407 e. The Morgan fingerprint density at radius 1 is 0.487 bits per heavy atom. The molecule has 1 aromatic heterocycles. The largest absolute Gasteiger partial charge is 0.480 e. The van der Waals surface area contributed by atoms with Crippen molar-refractivity contribution in [1.29, 1.82) is 0 Å². The lowest BCUT2D eigenvalue weighted by atomic mass is 9.58. The zero-order chi connectivity index (χ0) is 111. The molecule has 866 valence electrons. The Hall–Kier alpha value is -5.77. The minimum Gasteiger partial charge on any atom is -0.480 e. The molecule has 150 heavy (non-hydrogen) atoms. The molecule has 2 rings (SSSR count). The molecule has 0 aliphatic carbocycles. The first-order valence-corrected chi connectivity index (χ1v) is 56.8. The summed E-state index contributed by atoms with van der Waals surface area (Å²) in [6.07, 6.45) is -1.00. The van der Waals surface area contributed by atoms with Gasteiger partial charge in [0.25, 0.3) is 0 Å². The van der Waals surface area contributed by atoms with Crippen molar-refractivity contribution in [2.75, 3.05) is 270 Å². The summed E-state index contributed by atoms with van der Waals surface area (Å²) in [5, 5.41) is 47.3. The molecule has 1 aliphatic rings. The molecule has 6 N–H and O–H groups in total. The van der Waals surface area contributed by atoms with Gasteiger partial charge in [-0.25, -0.2) is 16.4 Å². The lowest BCUT2D eigenvalue weighted by Crippen LogP contribution is -2.64. The van der Waals surface area contributed by atoms with Crippen LogP contribution in [0.4, 0.5) is 4.79 Å². The normalized spacial score (nSPS) is 17.6. The Morgan fingerprint density at radius 2 is 0.920 bits per heavy atom. The number of carbonyl (C=O) groups excluding carboxylic acids is 9. The van der Waals surface area contributed by atoms with E-state index >= 15 is 24.0 Å². The molecule has 0 aromatic carbocycles. The second kappa shape index (κ2) is 81.8. The fraction of sp³-hybridized carbons (Fsp3) is 0.837. The van der Waals surface area contributed by atoms with Crippen LogP contribution >= 0.6 is 57.3 Å². The third-order valence-electron chi connectivity index (χ3n) is 23.7. The first kappa shape index (κ1) is 140. The van der Waals surface area contributed by atoms with Gasteiger partial charge >= 0.3 is 41.9 Å². The molecule has 0 bridgehead atoms. The van der Waals surface area contributed by atoms with E-state index in [2.05, 4.69) is 20.5 Å². The number of hydrogen-bond acceptors (Lipinski definition) is 42. The number of aliphatic carboxylic acids is 1. The van der Waals surface area contributed by atoms with Crippen LogP contribution in [0, 0.1) is 33.6 Å². The highest BCUT2D eigenvalue weighted by molar-refractivity contribution is 8.76. The number of aliphatic hydroxyl groups is 3. The number of amides is 2. The Bertz CT molecular complexity index is 3930. The number of ketones is 2. The number of aliphatic hydroxyl groups excluding tert-OH is 3. The molecule has 0 spiro atoms. The minimum absolute atomic E-state index is 0.0250. The molecule has 2 heterocycles. The number of carbonyl (C=O) groups is 10. The van der Waals surface area contributed by atoms with E-state index in [0.717, 1.165) is 31.0 Å². The number of nitrogens with one attached hydrogen (secondary N) is 2. The van der Waals surface area contributed by atoms with Crippen LogP contribution in [0.25, 0.3) is 4.85 Å². The second-order valence-corrected chi connectivity index (χ2v) is 45.8. The van der Waals surface area contributed by atoms with Crippen molar-refractivity contribution < 1.29 is 173 Å². The topological polar surface area (TPSA) is 499 Å². The molecule has 1 aromatic rings. The van der Waals surface area contributed by atoms with Gasteiger partial charge in [0.2, 0.25) is 11.4 Å². The number of ether oxygens (including phenoxy) is 22. The van der Waals surface area contributed by atoms with Crippen LogP contribution in [0.15, 0.2) is 29.4 Å². The molecule has 1 saturated heterocycles. The van der Waals surface area contributed by atoms with Crippen LogP contribution < -0.4 is 10.6 Å². The number of unbranched alkanes of at least 4 members (excludes halogenated alkanes) is 4. The maximum atomic E-state index is 15.8. The van der Waals surface area contributed by atoms with Crippen molar-refractivity contribution in [3.05, 3.63) is 35.8 Å². The number of thiocarbonyl (C=S) groups is 1. The van der Waals surface area contributed by atoms with Crippen molar-refractivity contribution in [2.45, 2.75) is 270 Å². The summed E-state index contributed by atoms with van der Waals surface area (Å²) in [5.41, 5.74) is -11.9. The van der Waals surface area contributed by atoms with E-state index in [1.165, 1.54) is 68.2 Å². The molecular formula is C104H179N5O36S5. The maximum absolute atomic E-state index is 15.8. The molecule has 1 fully saturated rings. The number of thioether (sulfide) groups is 2. The molecule has 7 unspecified atom stereocenters. The van der Waals surface area contributed by atoms with Crippen LogP contribution in [-0.4, -0.2) is 410 Å². The predicted molar refractivity (Wildman–Crippen MR) is 572 cm³/mol. The first-order chi connectivity index (χ1) is 71.5. The van der Waals surface area contributed by atoms with E-state index in [0.29, 0.717) is 198 Å². The van der Waals surface area contributed by atoms with E-state index in [1.54, 1.807) is 72.8 Å². The number of rotatable bonds is 95. The van der Waals surface area contributed by atoms with Gasteiger partial charge < -0.3 is 145 Å². The van der Waals surface area contributed by atoms with E-state index in [1.807, 2.05) is 32.9 Å². The number of alkyl carbamates (subject to hydrolysis) is 1. The van der Waals surface area contributed by atoms with Crippen molar-refractivity contribution >= 4 is 120 Å². The van der Waals surface area contributed by atoms with Gasteiger partial charge in [0.15, 0.2) is 6.29 Å². The fourth-order valence-electron chi connectivity index (χ4n) is 16.8. The van der Waals surface area contributed by atoms with Gasteiger partial charge in [-0.1, -0.05) is 87.3 Å². The lowest BCUT2D eigenvalue weighted by Gasteiger charge is -2.46. The van der Waals surface area contributed by atoms with Gasteiger partial charge in [0.05, 0.1) is 212 Å². The van der Waals surface area contributed by atoms with Gasteiger partial charge in [0, 0.05) is 97.7 Å².